The Morgan fingerprint density at radius 1 is 0.960 bits per heavy atom. The summed E-state index contributed by atoms with van der Waals surface area (Å²) in [7, 11) is 0. The van der Waals surface area contributed by atoms with E-state index in [1.165, 1.54) is 16.0 Å². The number of halogens is 1. The third-order valence-corrected chi connectivity index (χ3v) is 5.66. The highest BCUT2D eigenvalue weighted by molar-refractivity contribution is 7.99. The van der Waals surface area contributed by atoms with Gasteiger partial charge in [-0.05, 0) is 36.8 Å². The molecule has 0 saturated carbocycles. The lowest BCUT2D eigenvalue weighted by Crippen LogP contribution is -2.01. The molecule has 2 aromatic heterocycles. The van der Waals surface area contributed by atoms with Crippen LogP contribution in [0.3, 0.4) is 0 Å². The molecule has 2 heterocycles. The smallest absolute Gasteiger partial charge is 0.137 e. The molecule has 0 N–H and O–H groups in total. The summed E-state index contributed by atoms with van der Waals surface area (Å²) in [5.74, 6) is 0. The van der Waals surface area contributed by atoms with Gasteiger partial charge >= 0.3 is 0 Å². The molecule has 0 aliphatic heterocycles. The monoisotopic (exact) mass is 364 g/mol. The number of pyridine rings is 1. The summed E-state index contributed by atoms with van der Waals surface area (Å²) in [6.45, 7) is 2.11. The van der Waals surface area contributed by atoms with Crippen molar-refractivity contribution in [1.82, 2.24) is 9.38 Å². The fourth-order valence-corrected chi connectivity index (χ4v) is 4.16. The summed E-state index contributed by atoms with van der Waals surface area (Å²) < 4.78 is 2.08. The van der Waals surface area contributed by atoms with Crippen LogP contribution in [0.4, 0.5) is 0 Å². The fourth-order valence-electron chi connectivity index (χ4n) is 2.85. The van der Waals surface area contributed by atoms with E-state index < -0.39 is 0 Å². The van der Waals surface area contributed by atoms with Crippen LogP contribution in [0.15, 0.2) is 84.0 Å². The van der Waals surface area contributed by atoms with Crippen molar-refractivity contribution in [1.29, 1.82) is 0 Å². The van der Waals surface area contributed by atoms with Gasteiger partial charge in [-0.15, -0.1) is 11.8 Å². The van der Waals surface area contributed by atoms with Crippen LogP contribution < -0.4 is 0 Å². The molecule has 0 aliphatic carbocycles. The van der Waals surface area contributed by atoms with Gasteiger partial charge in [-0.1, -0.05) is 59.6 Å². The zero-order valence-corrected chi connectivity index (χ0v) is 15.3. The van der Waals surface area contributed by atoms with Gasteiger partial charge in [0.05, 0.1) is 22.2 Å². The summed E-state index contributed by atoms with van der Waals surface area (Å²) in [6, 6.07) is 23.0. The molecule has 0 amide bonds. The minimum atomic E-state index is 0.136. The van der Waals surface area contributed by atoms with Crippen LogP contribution in [0.5, 0.6) is 0 Å². The summed E-state index contributed by atoms with van der Waals surface area (Å²) in [5.41, 5.74) is 4.54. The number of hydrogen-bond acceptors (Lipinski definition) is 2. The molecule has 0 saturated heterocycles. The Labute approximate surface area is 156 Å². The maximum Gasteiger partial charge on any atom is 0.137 e. The van der Waals surface area contributed by atoms with Gasteiger partial charge in [-0.25, -0.2) is 4.98 Å². The van der Waals surface area contributed by atoms with Gasteiger partial charge in [0.2, 0.25) is 0 Å². The highest BCUT2D eigenvalue weighted by Gasteiger charge is 2.20. The molecule has 124 valence electrons. The zero-order chi connectivity index (χ0) is 17.2. The molecule has 2 aromatic carbocycles. The zero-order valence-electron chi connectivity index (χ0n) is 13.8. The Morgan fingerprint density at radius 2 is 1.72 bits per heavy atom. The van der Waals surface area contributed by atoms with Crippen molar-refractivity contribution >= 4 is 29.0 Å². The Kier molecular flexibility index (Phi) is 4.51. The van der Waals surface area contributed by atoms with E-state index in [0.29, 0.717) is 5.02 Å². The van der Waals surface area contributed by atoms with E-state index in [1.807, 2.05) is 42.4 Å². The van der Waals surface area contributed by atoms with Crippen LogP contribution >= 0.6 is 23.4 Å². The van der Waals surface area contributed by atoms with Crippen molar-refractivity contribution in [3.8, 4) is 0 Å². The number of fused-ring (bicyclic) bond motifs is 1. The first-order valence-electron chi connectivity index (χ1n) is 8.11. The number of thioether (sulfide) groups is 1. The van der Waals surface area contributed by atoms with Crippen molar-refractivity contribution in [3.05, 3.63) is 101 Å². The van der Waals surface area contributed by atoms with E-state index in [1.54, 1.807) is 0 Å². The minimum Gasteiger partial charge on any atom is -0.301 e. The summed E-state index contributed by atoms with van der Waals surface area (Å²) in [5, 5.41) is 0.844. The van der Waals surface area contributed by atoms with Crippen LogP contribution in [-0.2, 0) is 0 Å². The van der Waals surface area contributed by atoms with Gasteiger partial charge in [-0.2, -0.15) is 0 Å². The van der Waals surface area contributed by atoms with Crippen molar-refractivity contribution in [2.24, 2.45) is 0 Å². The van der Waals surface area contributed by atoms with E-state index in [0.717, 1.165) is 11.3 Å². The standard InChI is InChI=1S/C21H17ClN2S/c1-15-7-10-18(11-8-15)25-21(16-5-3-2-4-6-16)19-13-23-20-12-9-17(22)14-24(19)20/h2-14,21H,1H3. The molecule has 4 rings (SSSR count). The van der Waals surface area contributed by atoms with E-state index in [2.05, 4.69) is 64.8 Å². The van der Waals surface area contributed by atoms with Gasteiger partial charge in [0.15, 0.2) is 0 Å². The predicted molar refractivity (Wildman–Crippen MR) is 106 cm³/mol. The molecule has 25 heavy (non-hydrogen) atoms. The molecule has 0 fully saturated rings. The van der Waals surface area contributed by atoms with Crippen molar-refractivity contribution in [2.75, 3.05) is 0 Å². The molecule has 0 aliphatic rings. The third-order valence-electron chi connectivity index (χ3n) is 4.14. The van der Waals surface area contributed by atoms with E-state index >= 15 is 0 Å². The summed E-state index contributed by atoms with van der Waals surface area (Å²) in [6.07, 6.45) is 3.88. The minimum absolute atomic E-state index is 0.136. The van der Waals surface area contributed by atoms with Gasteiger partial charge in [0.25, 0.3) is 0 Å². The number of benzene rings is 2. The Hall–Kier alpha value is -2.23. The number of rotatable bonds is 4. The molecule has 4 heteroatoms. The quantitative estimate of drug-likeness (QED) is 0.402. The van der Waals surface area contributed by atoms with Gasteiger partial charge in [-0.3, -0.25) is 0 Å². The predicted octanol–water partition coefficient (Wildman–Crippen LogP) is 6.18. The number of aryl methyl sites for hydroxylation is 1. The van der Waals surface area contributed by atoms with Crippen LogP contribution in [0.2, 0.25) is 5.02 Å². The normalized spacial score (nSPS) is 12.4. The van der Waals surface area contributed by atoms with Gasteiger partial charge < -0.3 is 4.40 Å². The van der Waals surface area contributed by atoms with E-state index in [-0.39, 0.29) is 5.25 Å². The molecule has 1 unspecified atom stereocenters. The first-order chi connectivity index (χ1) is 12.2. The van der Waals surface area contributed by atoms with Crippen LogP contribution in [-0.4, -0.2) is 9.38 Å². The second-order valence-electron chi connectivity index (χ2n) is 5.98. The average molecular weight is 365 g/mol. The molecule has 1 atom stereocenters. The lowest BCUT2D eigenvalue weighted by atomic mass is 10.1. The molecular formula is C21H17ClN2S. The van der Waals surface area contributed by atoms with Crippen LogP contribution in [0.25, 0.3) is 5.65 Å². The number of nitrogens with zero attached hydrogens (tertiary/aromatic N) is 2. The Balaban J connectivity index is 1.82. The Bertz CT molecular complexity index is 994. The van der Waals surface area contributed by atoms with Gasteiger partial charge in [0.1, 0.15) is 5.65 Å². The van der Waals surface area contributed by atoms with Crippen LogP contribution in [0.1, 0.15) is 22.1 Å². The van der Waals surface area contributed by atoms with Crippen molar-refractivity contribution < 1.29 is 0 Å². The molecule has 0 bridgehead atoms. The first kappa shape index (κ1) is 16.2. The largest absolute Gasteiger partial charge is 0.301 e. The average Bonchev–Trinajstić information content (AvgIpc) is 3.05. The summed E-state index contributed by atoms with van der Waals surface area (Å²) in [4.78, 5) is 5.79. The first-order valence-corrected chi connectivity index (χ1v) is 9.37. The lowest BCUT2D eigenvalue weighted by Gasteiger charge is -2.17. The van der Waals surface area contributed by atoms with Crippen molar-refractivity contribution in [3.63, 3.8) is 0 Å². The number of imidazole rings is 1. The van der Waals surface area contributed by atoms with Crippen molar-refractivity contribution in [2.45, 2.75) is 17.1 Å². The molecular weight excluding hydrogens is 348 g/mol. The topological polar surface area (TPSA) is 17.3 Å². The Morgan fingerprint density at radius 3 is 2.48 bits per heavy atom. The second-order valence-corrected chi connectivity index (χ2v) is 7.60. The van der Waals surface area contributed by atoms with E-state index in [4.69, 9.17) is 11.6 Å². The molecule has 0 radical (unpaired) electrons. The highest BCUT2D eigenvalue weighted by atomic mass is 35.5. The van der Waals surface area contributed by atoms with Gasteiger partial charge in [0, 0.05) is 11.1 Å². The maximum atomic E-state index is 6.22. The van der Waals surface area contributed by atoms with Crippen LogP contribution in [0, 0.1) is 6.92 Å². The SMILES string of the molecule is Cc1ccc(SC(c2ccccc2)c2cnc3ccc(Cl)cn23)cc1. The lowest BCUT2D eigenvalue weighted by molar-refractivity contribution is 1.00. The second kappa shape index (κ2) is 6.95. The fraction of sp³-hybridized carbons (Fsp3) is 0.0952. The number of hydrogen-bond donors (Lipinski definition) is 0. The third kappa shape index (κ3) is 3.44. The summed E-state index contributed by atoms with van der Waals surface area (Å²) >= 11 is 8.05. The maximum absolute atomic E-state index is 6.22. The van der Waals surface area contributed by atoms with E-state index in [9.17, 15) is 0 Å². The highest BCUT2D eigenvalue weighted by Crippen LogP contribution is 2.40. The number of aromatic nitrogens is 2. The molecule has 4 aromatic rings. The molecule has 2 nitrogen and oxygen atoms in total. The molecule has 0 spiro atoms.